The second-order valence-electron chi connectivity index (χ2n) is 4.64. The summed E-state index contributed by atoms with van der Waals surface area (Å²) in [6, 6.07) is 1.84. The molecule has 0 saturated heterocycles. The van der Waals surface area contributed by atoms with Crippen LogP contribution >= 0.6 is 0 Å². The molecule has 1 unspecified atom stereocenters. The van der Waals surface area contributed by atoms with Crippen molar-refractivity contribution in [1.29, 1.82) is 0 Å². The lowest BCUT2D eigenvalue weighted by molar-refractivity contribution is 0.129. The van der Waals surface area contributed by atoms with E-state index in [1.165, 1.54) is 25.7 Å². The van der Waals surface area contributed by atoms with Crippen molar-refractivity contribution in [2.24, 2.45) is 5.92 Å². The number of aliphatic hydroxyl groups excluding tert-OH is 2. The number of hydrogen-bond donors (Lipinski definition) is 2. The Morgan fingerprint density at radius 3 is 2.88 bits per heavy atom. The standard InChI is InChI=1S/C12H20N2O2/c15-8-6-12(16)11-5-7-14(13-11)9-10-3-1-2-4-10/h5,7,10,12,15-16H,1-4,6,8-9H2. The highest BCUT2D eigenvalue weighted by molar-refractivity contribution is 5.02. The predicted octanol–water partition coefficient (Wildman–Crippen LogP) is 1.49. The van der Waals surface area contributed by atoms with Gasteiger partial charge in [-0.15, -0.1) is 0 Å². The average molecular weight is 224 g/mol. The lowest BCUT2D eigenvalue weighted by Gasteiger charge is -2.09. The van der Waals surface area contributed by atoms with E-state index in [9.17, 15) is 5.11 Å². The first kappa shape index (κ1) is 11.6. The van der Waals surface area contributed by atoms with Crippen LogP contribution in [0.25, 0.3) is 0 Å². The van der Waals surface area contributed by atoms with Gasteiger partial charge in [-0.05, 0) is 24.8 Å². The molecule has 2 N–H and O–H groups in total. The summed E-state index contributed by atoms with van der Waals surface area (Å²) in [5.74, 6) is 0.753. The van der Waals surface area contributed by atoms with Gasteiger partial charge in [0.25, 0.3) is 0 Å². The van der Waals surface area contributed by atoms with Crippen LogP contribution in [-0.2, 0) is 6.54 Å². The summed E-state index contributed by atoms with van der Waals surface area (Å²) in [6.45, 7) is 0.961. The van der Waals surface area contributed by atoms with E-state index in [0.717, 1.165) is 12.5 Å². The molecule has 1 aromatic rings. The van der Waals surface area contributed by atoms with E-state index in [2.05, 4.69) is 5.10 Å². The fourth-order valence-electron chi connectivity index (χ4n) is 2.38. The van der Waals surface area contributed by atoms with Gasteiger partial charge in [-0.3, -0.25) is 4.68 Å². The summed E-state index contributed by atoms with van der Waals surface area (Å²) in [6.07, 6.45) is 6.94. The molecule has 4 nitrogen and oxygen atoms in total. The van der Waals surface area contributed by atoms with E-state index in [-0.39, 0.29) is 6.61 Å². The third-order valence-electron chi connectivity index (χ3n) is 3.33. The Morgan fingerprint density at radius 1 is 1.44 bits per heavy atom. The molecule has 4 heteroatoms. The molecule has 1 aromatic heterocycles. The molecule has 0 aromatic carbocycles. The van der Waals surface area contributed by atoms with Gasteiger partial charge < -0.3 is 10.2 Å². The van der Waals surface area contributed by atoms with Gasteiger partial charge >= 0.3 is 0 Å². The first-order valence-corrected chi connectivity index (χ1v) is 6.12. The molecule has 0 bridgehead atoms. The number of rotatable bonds is 5. The van der Waals surface area contributed by atoms with Crippen molar-refractivity contribution in [1.82, 2.24) is 9.78 Å². The van der Waals surface area contributed by atoms with Crippen molar-refractivity contribution in [3.05, 3.63) is 18.0 Å². The van der Waals surface area contributed by atoms with E-state index >= 15 is 0 Å². The first-order valence-electron chi connectivity index (χ1n) is 6.12. The van der Waals surface area contributed by atoms with Gasteiger partial charge in [0.1, 0.15) is 0 Å². The molecule has 1 saturated carbocycles. The molecule has 16 heavy (non-hydrogen) atoms. The molecule has 1 aliphatic rings. The third kappa shape index (κ3) is 2.83. The Balaban J connectivity index is 1.90. The van der Waals surface area contributed by atoms with Crippen LogP contribution in [0.2, 0.25) is 0 Å². The van der Waals surface area contributed by atoms with Crippen molar-refractivity contribution >= 4 is 0 Å². The van der Waals surface area contributed by atoms with Crippen molar-refractivity contribution < 1.29 is 10.2 Å². The monoisotopic (exact) mass is 224 g/mol. The molecular weight excluding hydrogens is 204 g/mol. The highest BCUT2D eigenvalue weighted by atomic mass is 16.3. The van der Waals surface area contributed by atoms with E-state index in [1.807, 2.05) is 16.9 Å². The van der Waals surface area contributed by atoms with Gasteiger partial charge in [-0.1, -0.05) is 12.8 Å². The van der Waals surface area contributed by atoms with Gasteiger partial charge in [0.2, 0.25) is 0 Å². The van der Waals surface area contributed by atoms with E-state index in [1.54, 1.807) is 0 Å². The van der Waals surface area contributed by atoms with E-state index < -0.39 is 6.10 Å². The zero-order valence-corrected chi connectivity index (χ0v) is 9.55. The normalized spacial score (nSPS) is 19.1. The Morgan fingerprint density at radius 2 is 2.19 bits per heavy atom. The highest BCUT2D eigenvalue weighted by Crippen LogP contribution is 2.26. The molecule has 1 heterocycles. The van der Waals surface area contributed by atoms with Gasteiger partial charge in [-0.2, -0.15) is 5.10 Å². The lowest BCUT2D eigenvalue weighted by atomic mass is 10.1. The van der Waals surface area contributed by atoms with Gasteiger partial charge in [-0.25, -0.2) is 0 Å². The Hall–Kier alpha value is -0.870. The average Bonchev–Trinajstić information content (AvgIpc) is 2.90. The predicted molar refractivity (Wildman–Crippen MR) is 60.8 cm³/mol. The lowest BCUT2D eigenvalue weighted by Crippen LogP contribution is -2.09. The minimum absolute atomic E-state index is 0.00332. The number of aromatic nitrogens is 2. The molecule has 0 radical (unpaired) electrons. The molecular formula is C12H20N2O2. The Bertz CT molecular complexity index is 319. The summed E-state index contributed by atoms with van der Waals surface area (Å²) >= 11 is 0. The van der Waals surface area contributed by atoms with Crippen LogP contribution in [0.3, 0.4) is 0 Å². The van der Waals surface area contributed by atoms with Gasteiger partial charge in [0.15, 0.2) is 0 Å². The topological polar surface area (TPSA) is 58.3 Å². The highest BCUT2D eigenvalue weighted by Gasteiger charge is 2.16. The van der Waals surface area contributed by atoms with Crippen LogP contribution in [0.15, 0.2) is 12.3 Å². The second kappa shape index (κ2) is 5.46. The maximum atomic E-state index is 9.66. The van der Waals surface area contributed by atoms with Crippen LogP contribution in [0, 0.1) is 5.92 Å². The number of aliphatic hydroxyl groups is 2. The second-order valence-corrected chi connectivity index (χ2v) is 4.64. The quantitative estimate of drug-likeness (QED) is 0.796. The maximum Gasteiger partial charge on any atom is 0.1000 e. The maximum absolute atomic E-state index is 9.66. The molecule has 1 aliphatic carbocycles. The molecule has 2 rings (SSSR count). The van der Waals surface area contributed by atoms with Gasteiger partial charge in [0, 0.05) is 25.8 Å². The molecule has 0 aliphatic heterocycles. The van der Waals surface area contributed by atoms with Crippen LogP contribution in [-0.4, -0.2) is 26.6 Å². The summed E-state index contributed by atoms with van der Waals surface area (Å²) in [7, 11) is 0. The largest absolute Gasteiger partial charge is 0.396 e. The van der Waals surface area contributed by atoms with Gasteiger partial charge in [0.05, 0.1) is 11.8 Å². The summed E-state index contributed by atoms with van der Waals surface area (Å²) in [5, 5.41) is 22.7. The van der Waals surface area contributed by atoms with Crippen molar-refractivity contribution in [3.63, 3.8) is 0 Å². The fourth-order valence-corrected chi connectivity index (χ4v) is 2.38. The molecule has 1 fully saturated rings. The summed E-state index contributed by atoms with van der Waals surface area (Å²) in [4.78, 5) is 0. The molecule has 0 spiro atoms. The minimum atomic E-state index is -0.630. The van der Waals surface area contributed by atoms with Crippen molar-refractivity contribution in [2.75, 3.05) is 6.61 Å². The van der Waals surface area contributed by atoms with Crippen LogP contribution in [0.4, 0.5) is 0 Å². The molecule has 90 valence electrons. The Kier molecular flexibility index (Phi) is 3.96. The Labute approximate surface area is 95.9 Å². The van der Waals surface area contributed by atoms with Crippen LogP contribution in [0.5, 0.6) is 0 Å². The number of nitrogens with zero attached hydrogens (tertiary/aromatic N) is 2. The smallest absolute Gasteiger partial charge is 0.1000 e. The summed E-state index contributed by atoms with van der Waals surface area (Å²) in [5.41, 5.74) is 0.673. The van der Waals surface area contributed by atoms with Crippen LogP contribution < -0.4 is 0 Å². The van der Waals surface area contributed by atoms with Crippen molar-refractivity contribution in [2.45, 2.75) is 44.8 Å². The van der Waals surface area contributed by atoms with Crippen molar-refractivity contribution in [3.8, 4) is 0 Å². The van der Waals surface area contributed by atoms with Crippen LogP contribution in [0.1, 0.15) is 43.9 Å². The first-order chi connectivity index (χ1) is 7.79. The summed E-state index contributed by atoms with van der Waals surface area (Å²) < 4.78 is 1.92. The fraction of sp³-hybridized carbons (Fsp3) is 0.750. The number of hydrogen-bond acceptors (Lipinski definition) is 3. The third-order valence-corrected chi connectivity index (χ3v) is 3.33. The van der Waals surface area contributed by atoms with E-state index in [4.69, 9.17) is 5.11 Å². The molecule has 0 amide bonds. The zero-order valence-electron chi connectivity index (χ0n) is 9.55. The van der Waals surface area contributed by atoms with E-state index in [0.29, 0.717) is 12.1 Å². The molecule has 1 atom stereocenters. The zero-order chi connectivity index (χ0) is 11.4. The minimum Gasteiger partial charge on any atom is -0.396 e. The SMILES string of the molecule is OCCC(O)c1ccn(CC2CCCC2)n1.